The van der Waals surface area contributed by atoms with Gasteiger partial charge in [-0.3, -0.25) is 0 Å². The van der Waals surface area contributed by atoms with Crippen molar-refractivity contribution in [1.82, 2.24) is 0 Å². The molecule has 0 aromatic carbocycles. The monoisotopic (exact) mass is 222 g/mol. The molecule has 0 N–H and O–H groups in total. The molecule has 0 aromatic rings. The van der Waals surface area contributed by atoms with Gasteiger partial charge in [0.2, 0.25) is 0 Å². The van der Waals surface area contributed by atoms with Crippen LogP contribution < -0.4 is 0 Å². The van der Waals surface area contributed by atoms with Crippen molar-refractivity contribution in [2.45, 2.75) is 51.2 Å². The molecule has 3 nitrogen and oxygen atoms in total. The van der Waals surface area contributed by atoms with E-state index in [1.807, 2.05) is 0 Å². The van der Waals surface area contributed by atoms with Gasteiger partial charge in [-0.05, 0) is 39.0 Å². The van der Waals surface area contributed by atoms with Crippen LogP contribution in [0.25, 0.3) is 0 Å². The fourth-order valence-electron chi connectivity index (χ4n) is 4.41. The van der Waals surface area contributed by atoms with Gasteiger partial charge in [-0.15, -0.1) is 0 Å². The summed E-state index contributed by atoms with van der Waals surface area (Å²) in [4.78, 5) is 22.8. The molecule has 0 radical (unpaired) electrons. The first kappa shape index (κ1) is 10.5. The van der Waals surface area contributed by atoms with Gasteiger partial charge in [0, 0.05) is 17.8 Å². The number of ketones is 1. The van der Waals surface area contributed by atoms with E-state index in [1.165, 1.54) is 0 Å². The lowest BCUT2D eigenvalue weighted by Crippen LogP contribution is -2.47. The predicted molar refractivity (Wildman–Crippen MR) is 57.9 cm³/mol. The number of hydrogen-bond acceptors (Lipinski definition) is 3. The van der Waals surface area contributed by atoms with E-state index in [-0.39, 0.29) is 28.8 Å². The standard InChI is InChI=1S/C13H18O3/c1-8(15)3-10-11-4-9-5-13(10,7-14)6-12(9,2)16-11/h7,9-11H,3-6H2,1-2H3/t9-,10-,11+,12+,13+/m1/s1. The van der Waals surface area contributed by atoms with Crippen LogP contribution in [0.15, 0.2) is 0 Å². The fourth-order valence-corrected chi connectivity index (χ4v) is 4.41. The Balaban J connectivity index is 1.96. The Morgan fingerprint density at radius 2 is 2.31 bits per heavy atom. The molecule has 4 rings (SSSR count). The molecule has 4 bridgehead atoms. The normalized spacial score (nSPS) is 53.2. The summed E-state index contributed by atoms with van der Waals surface area (Å²) in [6.07, 6.45) is 4.57. The largest absolute Gasteiger partial charge is 0.371 e. The summed E-state index contributed by atoms with van der Waals surface area (Å²) >= 11 is 0. The molecule has 5 atom stereocenters. The summed E-state index contributed by atoms with van der Waals surface area (Å²) in [7, 11) is 0. The summed E-state index contributed by atoms with van der Waals surface area (Å²) in [5.74, 6) is 0.842. The van der Waals surface area contributed by atoms with Crippen LogP contribution in [0, 0.1) is 17.3 Å². The van der Waals surface area contributed by atoms with Crippen LogP contribution in [0.3, 0.4) is 0 Å². The van der Waals surface area contributed by atoms with E-state index in [0.29, 0.717) is 12.3 Å². The average molecular weight is 222 g/mol. The van der Waals surface area contributed by atoms with Gasteiger partial charge in [-0.25, -0.2) is 0 Å². The zero-order valence-electron chi connectivity index (χ0n) is 9.86. The number of hydrogen-bond donors (Lipinski definition) is 0. The Labute approximate surface area is 95.5 Å². The fraction of sp³-hybridized carbons (Fsp3) is 0.846. The summed E-state index contributed by atoms with van der Waals surface area (Å²) < 4.78 is 6.07. The van der Waals surface area contributed by atoms with Gasteiger partial charge in [0.1, 0.15) is 12.1 Å². The van der Waals surface area contributed by atoms with E-state index in [4.69, 9.17) is 4.74 Å². The van der Waals surface area contributed by atoms with E-state index >= 15 is 0 Å². The molecule has 88 valence electrons. The quantitative estimate of drug-likeness (QED) is 0.683. The van der Waals surface area contributed by atoms with Crippen molar-refractivity contribution in [1.29, 1.82) is 0 Å². The molecule has 2 aliphatic heterocycles. The van der Waals surface area contributed by atoms with Crippen LogP contribution in [0.2, 0.25) is 0 Å². The lowest BCUT2D eigenvalue weighted by Gasteiger charge is -2.43. The molecule has 3 heteroatoms. The summed E-state index contributed by atoms with van der Waals surface area (Å²) in [6.45, 7) is 3.74. The molecule has 0 spiro atoms. The maximum Gasteiger partial charge on any atom is 0.130 e. The predicted octanol–water partition coefficient (Wildman–Crippen LogP) is 1.74. The highest BCUT2D eigenvalue weighted by Crippen LogP contribution is 2.65. The van der Waals surface area contributed by atoms with Crippen LogP contribution in [0.5, 0.6) is 0 Å². The number of Topliss-reactive ketones (excluding diaryl/α,β-unsaturated/α-hetero) is 1. The van der Waals surface area contributed by atoms with Gasteiger partial charge in [-0.1, -0.05) is 0 Å². The Kier molecular flexibility index (Phi) is 1.93. The number of rotatable bonds is 3. The second-order valence-corrected chi connectivity index (χ2v) is 6.15. The summed E-state index contributed by atoms with van der Waals surface area (Å²) in [5.41, 5.74) is -0.342. The molecular formula is C13H18O3. The molecule has 2 heterocycles. The van der Waals surface area contributed by atoms with Gasteiger partial charge in [0.05, 0.1) is 11.7 Å². The van der Waals surface area contributed by atoms with Crippen LogP contribution in [-0.2, 0) is 14.3 Å². The molecular weight excluding hydrogens is 204 g/mol. The Bertz CT molecular complexity index is 364. The zero-order chi connectivity index (χ0) is 11.6. The van der Waals surface area contributed by atoms with Gasteiger partial charge < -0.3 is 14.3 Å². The highest BCUT2D eigenvalue weighted by atomic mass is 16.5. The highest BCUT2D eigenvalue weighted by molar-refractivity contribution is 5.77. The minimum atomic E-state index is -0.258. The van der Waals surface area contributed by atoms with Gasteiger partial charge in [0.15, 0.2) is 0 Å². The molecule has 2 saturated carbocycles. The number of carbonyl (C=O) groups is 2. The van der Waals surface area contributed by atoms with E-state index in [9.17, 15) is 9.59 Å². The molecule has 4 fully saturated rings. The van der Waals surface area contributed by atoms with Gasteiger partial charge in [-0.2, -0.15) is 0 Å². The Morgan fingerprint density at radius 3 is 2.88 bits per heavy atom. The van der Waals surface area contributed by atoms with Crippen molar-refractivity contribution in [3.8, 4) is 0 Å². The first-order chi connectivity index (χ1) is 7.49. The maximum absolute atomic E-state index is 11.5. The summed E-state index contributed by atoms with van der Waals surface area (Å²) in [6, 6.07) is 0. The van der Waals surface area contributed by atoms with Gasteiger partial charge >= 0.3 is 0 Å². The minimum Gasteiger partial charge on any atom is -0.371 e. The van der Waals surface area contributed by atoms with E-state index in [0.717, 1.165) is 25.5 Å². The van der Waals surface area contributed by atoms with E-state index in [1.54, 1.807) is 6.92 Å². The minimum absolute atomic E-state index is 0.0845. The number of aldehydes is 1. The average Bonchev–Trinajstić information content (AvgIpc) is 2.57. The second-order valence-electron chi connectivity index (χ2n) is 6.15. The first-order valence-electron chi connectivity index (χ1n) is 6.13. The Hall–Kier alpha value is -0.700. The van der Waals surface area contributed by atoms with Crippen LogP contribution >= 0.6 is 0 Å². The molecule has 2 aliphatic carbocycles. The molecule has 0 unspecified atom stereocenters. The second kappa shape index (κ2) is 2.95. The lowest BCUT2D eigenvalue weighted by molar-refractivity contribution is -0.152. The first-order valence-corrected chi connectivity index (χ1v) is 6.13. The van der Waals surface area contributed by atoms with Crippen LogP contribution in [0.4, 0.5) is 0 Å². The smallest absolute Gasteiger partial charge is 0.130 e. The number of ether oxygens (including phenoxy) is 1. The zero-order valence-corrected chi connectivity index (χ0v) is 9.86. The highest BCUT2D eigenvalue weighted by Gasteiger charge is 2.67. The third-order valence-electron chi connectivity index (χ3n) is 5.04. The lowest BCUT2D eigenvalue weighted by atomic mass is 9.65. The van der Waals surface area contributed by atoms with E-state index < -0.39 is 0 Å². The van der Waals surface area contributed by atoms with E-state index in [2.05, 4.69) is 6.92 Å². The van der Waals surface area contributed by atoms with Gasteiger partial charge in [0.25, 0.3) is 0 Å². The van der Waals surface area contributed by atoms with Crippen molar-refractivity contribution in [2.75, 3.05) is 0 Å². The number of carbonyl (C=O) groups excluding carboxylic acids is 2. The van der Waals surface area contributed by atoms with Crippen molar-refractivity contribution in [3.63, 3.8) is 0 Å². The van der Waals surface area contributed by atoms with Crippen molar-refractivity contribution in [2.24, 2.45) is 17.3 Å². The molecule has 2 saturated heterocycles. The third-order valence-corrected chi connectivity index (χ3v) is 5.04. The van der Waals surface area contributed by atoms with Crippen LogP contribution in [-0.4, -0.2) is 23.8 Å². The SMILES string of the molecule is CC(=O)C[C@@H]1[C@@H]2C[C@@H]3C[C@@]1(C=O)C[C@]3(C)O2. The maximum atomic E-state index is 11.5. The molecule has 4 aliphatic rings. The third kappa shape index (κ3) is 1.12. The summed E-state index contributed by atoms with van der Waals surface area (Å²) in [5, 5.41) is 0. The van der Waals surface area contributed by atoms with Crippen molar-refractivity contribution >= 4 is 12.1 Å². The van der Waals surface area contributed by atoms with Crippen molar-refractivity contribution < 1.29 is 14.3 Å². The Morgan fingerprint density at radius 1 is 1.56 bits per heavy atom. The topological polar surface area (TPSA) is 43.4 Å². The van der Waals surface area contributed by atoms with Crippen molar-refractivity contribution in [3.05, 3.63) is 0 Å². The molecule has 16 heavy (non-hydrogen) atoms. The molecule has 0 amide bonds. The molecule has 0 aromatic heterocycles. The van der Waals surface area contributed by atoms with Crippen LogP contribution in [0.1, 0.15) is 39.5 Å².